The zero-order valence-electron chi connectivity index (χ0n) is 17.3. The molecule has 1 aromatic heterocycles. The first-order chi connectivity index (χ1) is 14.2. The van der Waals surface area contributed by atoms with Gasteiger partial charge in [-0.25, -0.2) is 0 Å². The maximum atomic E-state index is 12.7. The Morgan fingerprint density at radius 1 is 0.931 bits per heavy atom. The van der Waals surface area contributed by atoms with Crippen molar-refractivity contribution in [3.63, 3.8) is 0 Å². The van der Waals surface area contributed by atoms with E-state index in [0.29, 0.717) is 5.69 Å². The van der Waals surface area contributed by atoms with Crippen LogP contribution < -0.4 is 4.90 Å². The van der Waals surface area contributed by atoms with Crippen LogP contribution in [-0.2, 0) is 6.42 Å². The van der Waals surface area contributed by atoms with Crippen molar-refractivity contribution in [2.45, 2.75) is 26.2 Å². The number of anilines is 1. The van der Waals surface area contributed by atoms with Crippen LogP contribution in [0.15, 0.2) is 42.5 Å². The number of hydrogen-bond donors (Lipinski definition) is 0. The molecule has 1 amide bonds. The van der Waals surface area contributed by atoms with E-state index in [0.717, 1.165) is 64.0 Å². The number of carbonyl (C=O) groups excluding carboxylic acids is 1. The minimum absolute atomic E-state index is 0.00127. The van der Waals surface area contributed by atoms with E-state index in [1.165, 1.54) is 18.4 Å². The lowest BCUT2D eigenvalue weighted by molar-refractivity contribution is 0.0636. The van der Waals surface area contributed by atoms with Gasteiger partial charge in [-0.3, -0.25) is 4.79 Å². The highest BCUT2D eigenvalue weighted by Gasteiger charge is 2.24. The predicted molar refractivity (Wildman–Crippen MR) is 115 cm³/mol. The Morgan fingerprint density at radius 3 is 2.28 bits per heavy atom. The van der Waals surface area contributed by atoms with Crippen LogP contribution in [0.25, 0.3) is 0 Å². The molecule has 2 fully saturated rings. The lowest BCUT2D eigenvalue weighted by atomic mass is 9.90. The van der Waals surface area contributed by atoms with Gasteiger partial charge in [-0.15, -0.1) is 10.2 Å². The van der Waals surface area contributed by atoms with Crippen LogP contribution in [0.5, 0.6) is 0 Å². The van der Waals surface area contributed by atoms with Crippen molar-refractivity contribution in [3.05, 3.63) is 53.7 Å². The SMILES string of the molecule is CCN1CCN(C(=O)c2ccc(N3CCC(Cc4ccccc4)CC3)nn2)CC1. The van der Waals surface area contributed by atoms with Gasteiger partial charge in [0.05, 0.1) is 0 Å². The molecule has 0 bridgehead atoms. The first kappa shape index (κ1) is 19.8. The molecule has 2 saturated heterocycles. The average Bonchev–Trinajstić information content (AvgIpc) is 2.80. The second kappa shape index (κ2) is 9.35. The fourth-order valence-electron chi connectivity index (χ4n) is 4.35. The maximum absolute atomic E-state index is 12.7. The molecule has 4 rings (SSSR count). The molecular weight excluding hydrogens is 362 g/mol. The Balaban J connectivity index is 1.29. The smallest absolute Gasteiger partial charge is 0.274 e. The Kier molecular flexibility index (Phi) is 6.39. The van der Waals surface area contributed by atoms with Gasteiger partial charge >= 0.3 is 0 Å². The zero-order chi connectivity index (χ0) is 20.1. The van der Waals surface area contributed by atoms with Crippen LogP contribution >= 0.6 is 0 Å². The molecule has 3 heterocycles. The number of nitrogens with zero attached hydrogens (tertiary/aromatic N) is 5. The van der Waals surface area contributed by atoms with E-state index >= 15 is 0 Å². The molecule has 2 aliphatic rings. The molecule has 154 valence electrons. The van der Waals surface area contributed by atoms with Crippen molar-refractivity contribution in [1.82, 2.24) is 20.0 Å². The van der Waals surface area contributed by atoms with Crippen molar-refractivity contribution in [3.8, 4) is 0 Å². The summed E-state index contributed by atoms with van der Waals surface area (Å²) in [6.07, 6.45) is 3.48. The number of carbonyl (C=O) groups is 1. The highest BCUT2D eigenvalue weighted by atomic mass is 16.2. The van der Waals surface area contributed by atoms with Gasteiger partial charge in [0.2, 0.25) is 0 Å². The normalized spacial score (nSPS) is 18.8. The third kappa shape index (κ3) is 4.93. The van der Waals surface area contributed by atoms with Crippen molar-refractivity contribution in [1.29, 1.82) is 0 Å². The minimum Gasteiger partial charge on any atom is -0.355 e. The molecule has 29 heavy (non-hydrogen) atoms. The van der Waals surface area contributed by atoms with Gasteiger partial charge in [0, 0.05) is 39.3 Å². The largest absolute Gasteiger partial charge is 0.355 e. The Bertz CT molecular complexity index is 779. The summed E-state index contributed by atoms with van der Waals surface area (Å²) in [6, 6.07) is 14.5. The molecule has 2 aliphatic heterocycles. The highest BCUT2D eigenvalue weighted by Crippen LogP contribution is 2.24. The monoisotopic (exact) mass is 393 g/mol. The van der Waals surface area contributed by atoms with E-state index < -0.39 is 0 Å². The van der Waals surface area contributed by atoms with Gasteiger partial charge in [-0.05, 0) is 49.4 Å². The number of benzene rings is 1. The maximum Gasteiger partial charge on any atom is 0.274 e. The quantitative estimate of drug-likeness (QED) is 0.782. The fourth-order valence-corrected chi connectivity index (χ4v) is 4.35. The molecule has 0 radical (unpaired) electrons. The molecule has 0 N–H and O–H groups in total. The van der Waals surface area contributed by atoms with Gasteiger partial charge in [0.25, 0.3) is 5.91 Å². The second-order valence-corrected chi connectivity index (χ2v) is 8.12. The summed E-state index contributed by atoms with van der Waals surface area (Å²) in [5.74, 6) is 1.61. The predicted octanol–water partition coefficient (Wildman–Crippen LogP) is 2.71. The van der Waals surface area contributed by atoms with Crippen LogP contribution in [0.1, 0.15) is 35.8 Å². The van der Waals surface area contributed by atoms with E-state index in [1.54, 1.807) is 0 Å². The van der Waals surface area contributed by atoms with Gasteiger partial charge in [0.15, 0.2) is 11.5 Å². The minimum atomic E-state index is 0.00127. The van der Waals surface area contributed by atoms with Crippen LogP contribution in [0.2, 0.25) is 0 Å². The molecule has 0 aliphatic carbocycles. The van der Waals surface area contributed by atoms with Crippen LogP contribution in [-0.4, -0.2) is 71.7 Å². The lowest BCUT2D eigenvalue weighted by Gasteiger charge is -2.34. The summed E-state index contributed by atoms with van der Waals surface area (Å²) in [5, 5.41) is 8.63. The van der Waals surface area contributed by atoms with E-state index in [9.17, 15) is 4.79 Å². The summed E-state index contributed by atoms with van der Waals surface area (Å²) < 4.78 is 0. The molecule has 0 unspecified atom stereocenters. The topological polar surface area (TPSA) is 52.6 Å². The molecule has 0 atom stereocenters. The zero-order valence-corrected chi connectivity index (χ0v) is 17.3. The number of aromatic nitrogens is 2. The van der Waals surface area contributed by atoms with E-state index in [2.05, 4.69) is 57.3 Å². The molecule has 0 spiro atoms. The number of rotatable bonds is 5. The number of likely N-dealkylation sites (N-methyl/N-ethyl adjacent to an activating group) is 1. The highest BCUT2D eigenvalue weighted by molar-refractivity contribution is 5.92. The van der Waals surface area contributed by atoms with E-state index in [4.69, 9.17) is 0 Å². The number of amides is 1. The van der Waals surface area contributed by atoms with Crippen LogP contribution in [0.4, 0.5) is 5.82 Å². The summed E-state index contributed by atoms with van der Waals surface area (Å²) in [7, 11) is 0. The Labute approximate surface area is 173 Å². The standard InChI is InChI=1S/C23H31N5O/c1-2-26-14-16-28(17-15-26)23(29)21-8-9-22(25-24-21)27-12-10-20(11-13-27)18-19-6-4-3-5-7-19/h3-9,20H,2,10-18H2,1H3. The molecule has 6 nitrogen and oxygen atoms in total. The third-order valence-electron chi connectivity index (χ3n) is 6.28. The summed E-state index contributed by atoms with van der Waals surface area (Å²) in [6.45, 7) is 8.61. The van der Waals surface area contributed by atoms with Gasteiger partial charge in [0.1, 0.15) is 0 Å². The third-order valence-corrected chi connectivity index (χ3v) is 6.28. The lowest BCUT2D eigenvalue weighted by Crippen LogP contribution is -2.48. The van der Waals surface area contributed by atoms with Crippen molar-refractivity contribution >= 4 is 11.7 Å². The molecule has 1 aromatic carbocycles. The Morgan fingerprint density at radius 2 is 1.66 bits per heavy atom. The second-order valence-electron chi connectivity index (χ2n) is 8.12. The van der Waals surface area contributed by atoms with Crippen LogP contribution in [0, 0.1) is 5.92 Å². The van der Waals surface area contributed by atoms with Crippen LogP contribution in [0.3, 0.4) is 0 Å². The molecular formula is C23H31N5O. The number of piperazine rings is 1. The van der Waals surface area contributed by atoms with Gasteiger partial charge in [-0.2, -0.15) is 0 Å². The molecule has 6 heteroatoms. The van der Waals surface area contributed by atoms with Gasteiger partial charge < -0.3 is 14.7 Å². The molecule has 0 saturated carbocycles. The number of hydrogen-bond acceptors (Lipinski definition) is 5. The Hall–Kier alpha value is -2.47. The summed E-state index contributed by atoms with van der Waals surface area (Å²) in [5.41, 5.74) is 1.88. The van der Waals surface area contributed by atoms with Crippen molar-refractivity contribution in [2.24, 2.45) is 5.92 Å². The molecule has 2 aromatic rings. The number of piperidine rings is 1. The summed E-state index contributed by atoms with van der Waals surface area (Å²) in [4.78, 5) is 19.2. The average molecular weight is 394 g/mol. The van der Waals surface area contributed by atoms with Gasteiger partial charge in [-0.1, -0.05) is 37.3 Å². The van der Waals surface area contributed by atoms with E-state index in [1.807, 2.05) is 17.0 Å². The van der Waals surface area contributed by atoms with E-state index in [-0.39, 0.29) is 5.91 Å². The summed E-state index contributed by atoms with van der Waals surface area (Å²) >= 11 is 0. The first-order valence-electron chi connectivity index (χ1n) is 10.9. The fraction of sp³-hybridized carbons (Fsp3) is 0.522. The first-order valence-corrected chi connectivity index (χ1v) is 10.9. The van der Waals surface area contributed by atoms with Crippen molar-refractivity contribution in [2.75, 3.05) is 50.7 Å². The van der Waals surface area contributed by atoms with Crippen molar-refractivity contribution < 1.29 is 4.79 Å².